The molecule has 2 aromatic carbocycles. The first-order valence-corrected chi connectivity index (χ1v) is 7.04. The second-order valence-corrected chi connectivity index (χ2v) is 5.76. The molecule has 1 unspecified atom stereocenters. The average Bonchev–Trinajstić information content (AvgIpc) is 2.36. The van der Waals surface area contributed by atoms with Gasteiger partial charge in [0.1, 0.15) is 0 Å². The summed E-state index contributed by atoms with van der Waals surface area (Å²) in [6.07, 6.45) is 1.14. The normalized spacial score (nSPS) is 18.2. The Morgan fingerprint density at radius 3 is 2.37 bits per heavy atom. The van der Waals surface area contributed by atoms with Crippen LogP contribution in [0.1, 0.15) is 39.4 Å². The van der Waals surface area contributed by atoms with Gasteiger partial charge in [-0.05, 0) is 43.9 Å². The molecule has 0 radical (unpaired) electrons. The molecular weight excluding hydrogens is 230 g/mol. The van der Waals surface area contributed by atoms with Crippen molar-refractivity contribution >= 4 is 0 Å². The number of nitrogens with one attached hydrogen (secondary N) is 1. The minimum absolute atomic E-state index is 0.349. The van der Waals surface area contributed by atoms with Crippen molar-refractivity contribution in [3.8, 4) is 0 Å². The predicted octanol–water partition coefficient (Wildman–Crippen LogP) is 3.85. The summed E-state index contributed by atoms with van der Waals surface area (Å²) in [4.78, 5) is 0. The SMILES string of the molecule is Cc1cc(C)cc(C2NCCc3ccc(C)cc32)c1. The summed E-state index contributed by atoms with van der Waals surface area (Å²) in [6, 6.07) is 14.1. The summed E-state index contributed by atoms with van der Waals surface area (Å²) in [5, 5.41) is 3.67. The van der Waals surface area contributed by atoms with E-state index in [4.69, 9.17) is 0 Å². The van der Waals surface area contributed by atoms with Crippen molar-refractivity contribution in [1.29, 1.82) is 0 Å². The zero-order valence-corrected chi connectivity index (χ0v) is 12.0. The van der Waals surface area contributed by atoms with Gasteiger partial charge in [0.05, 0.1) is 6.04 Å². The van der Waals surface area contributed by atoms with Gasteiger partial charge in [0.25, 0.3) is 0 Å². The highest BCUT2D eigenvalue weighted by Crippen LogP contribution is 2.30. The average molecular weight is 251 g/mol. The highest BCUT2D eigenvalue weighted by atomic mass is 14.9. The smallest absolute Gasteiger partial charge is 0.0579 e. The molecule has 1 aliphatic heterocycles. The van der Waals surface area contributed by atoms with Gasteiger partial charge < -0.3 is 5.32 Å². The summed E-state index contributed by atoms with van der Waals surface area (Å²) in [6.45, 7) is 7.59. The number of fused-ring (bicyclic) bond motifs is 1. The molecule has 0 aromatic heterocycles. The van der Waals surface area contributed by atoms with Gasteiger partial charge in [-0.25, -0.2) is 0 Å². The van der Waals surface area contributed by atoms with Crippen LogP contribution in [0.3, 0.4) is 0 Å². The quantitative estimate of drug-likeness (QED) is 0.812. The van der Waals surface area contributed by atoms with E-state index in [-0.39, 0.29) is 0 Å². The lowest BCUT2D eigenvalue weighted by Gasteiger charge is -2.28. The van der Waals surface area contributed by atoms with E-state index in [2.05, 4.69) is 62.5 Å². The van der Waals surface area contributed by atoms with Crippen LogP contribution in [0.25, 0.3) is 0 Å². The third kappa shape index (κ3) is 2.43. The van der Waals surface area contributed by atoms with Crippen LogP contribution in [0.15, 0.2) is 36.4 Å². The highest BCUT2D eigenvalue weighted by Gasteiger charge is 2.21. The van der Waals surface area contributed by atoms with E-state index >= 15 is 0 Å². The number of rotatable bonds is 1. The van der Waals surface area contributed by atoms with Gasteiger partial charge in [-0.2, -0.15) is 0 Å². The van der Waals surface area contributed by atoms with E-state index in [0.717, 1.165) is 13.0 Å². The highest BCUT2D eigenvalue weighted by molar-refractivity contribution is 5.43. The summed E-state index contributed by atoms with van der Waals surface area (Å²) in [5.41, 5.74) is 8.37. The molecule has 1 heterocycles. The molecule has 98 valence electrons. The fourth-order valence-electron chi connectivity index (χ4n) is 3.15. The topological polar surface area (TPSA) is 12.0 Å². The monoisotopic (exact) mass is 251 g/mol. The van der Waals surface area contributed by atoms with E-state index in [9.17, 15) is 0 Å². The Labute approximate surface area is 115 Å². The summed E-state index contributed by atoms with van der Waals surface area (Å²) in [7, 11) is 0. The van der Waals surface area contributed by atoms with Crippen LogP contribution < -0.4 is 5.32 Å². The molecule has 0 saturated carbocycles. The number of hydrogen-bond acceptors (Lipinski definition) is 1. The van der Waals surface area contributed by atoms with Crippen molar-refractivity contribution in [3.05, 3.63) is 69.8 Å². The largest absolute Gasteiger partial charge is 0.306 e. The van der Waals surface area contributed by atoms with Gasteiger partial charge in [0.2, 0.25) is 0 Å². The first-order valence-electron chi connectivity index (χ1n) is 7.04. The van der Waals surface area contributed by atoms with Crippen LogP contribution in [-0.4, -0.2) is 6.54 Å². The van der Waals surface area contributed by atoms with Crippen LogP contribution in [-0.2, 0) is 6.42 Å². The minimum atomic E-state index is 0.349. The van der Waals surface area contributed by atoms with Gasteiger partial charge in [0, 0.05) is 6.54 Å². The molecule has 0 fully saturated rings. The second kappa shape index (κ2) is 4.82. The molecule has 1 atom stereocenters. The molecular formula is C18H21N. The lowest BCUT2D eigenvalue weighted by molar-refractivity contribution is 0.567. The zero-order chi connectivity index (χ0) is 13.4. The number of benzene rings is 2. The summed E-state index contributed by atoms with van der Waals surface area (Å²) >= 11 is 0. The zero-order valence-electron chi connectivity index (χ0n) is 12.0. The van der Waals surface area contributed by atoms with Gasteiger partial charge in [-0.15, -0.1) is 0 Å². The maximum absolute atomic E-state index is 3.67. The molecule has 1 aliphatic rings. The van der Waals surface area contributed by atoms with Crippen molar-refractivity contribution in [3.63, 3.8) is 0 Å². The number of aryl methyl sites for hydroxylation is 3. The van der Waals surface area contributed by atoms with Crippen LogP contribution in [0, 0.1) is 20.8 Å². The Morgan fingerprint density at radius 1 is 0.895 bits per heavy atom. The summed E-state index contributed by atoms with van der Waals surface area (Å²) < 4.78 is 0. The third-order valence-electron chi connectivity index (χ3n) is 3.93. The van der Waals surface area contributed by atoms with E-state index in [0.29, 0.717) is 6.04 Å². The van der Waals surface area contributed by atoms with E-state index in [1.165, 1.54) is 33.4 Å². The molecule has 0 bridgehead atoms. The fraction of sp³-hybridized carbons (Fsp3) is 0.333. The third-order valence-corrected chi connectivity index (χ3v) is 3.93. The molecule has 19 heavy (non-hydrogen) atoms. The van der Waals surface area contributed by atoms with Crippen LogP contribution in [0.2, 0.25) is 0 Å². The molecule has 3 rings (SSSR count). The van der Waals surface area contributed by atoms with Crippen molar-refractivity contribution in [2.24, 2.45) is 0 Å². The van der Waals surface area contributed by atoms with Gasteiger partial charge in [0.15, 0.2) is 0 Å². The minimum Gasteiger partial charge on any atom is -0.306 e. The molecule has 0 spiro atoms. The molecule has 1 N–H and O–H groups in total. The standard InChI is InChI=1S/C18H21N/c1-12-4-5-15-6-7-19-18(17(15)11-12)16-9-13(2)8-14(3)10-16/h4-5,8-11,18-19H,6-7H2,1-3H3. The van der Waals surface area contributed by atoms with Crippen molar-refractivity contribution in [2.45, 2.75) is 33.2 Å². The molecule has 0 saturated heterocycles. The van der Waals surface area contributed by atoms with Gasteiger partial charge in [-0.3, -0.25) is 0 Å². The Morgan fingerprint density at radius 2 is 1.63 bits per heavy atom. The molecule has 0 amide bonds. The molecule has 0 aliphatic carbocycles. The molecule has 1 nitrogen and oxygen atoms in total. The van der Waals surface area contributed by atoms with Crippen LogP contribution >= 0.6 is 0 Å². The Bertz CT molecular complexity index is 593. The molecule has 1 heteroatoms. The van der Waals surface area contributed by atoms with Crippen molar-refractivity contribution in [1.82, 2.24) is 5.32 Å². The Balaban J connectivity index is 2.10. The Kier molecular flexibility index (Phi) is 3.16. The summed E-state index contributed by atoms with van der Waals surface area (Å²) in [5.74, 6) is 0. The first-order chi connectivity index (χ1) is 9.13. The van der Waals surface area contributed by atoms with Crippen molar-refractivity contribution < 1.29 is 0 Å². The lowest BCUT2D eigenvalue weighted by atomic mass is 9.88. The fourth-order valence-corrected chi connectivity index (χ4v) is 3.15. The Hall–Kier alpha value is -1.60. The second-order valence-electron chi connectivity index (χ2n) is 5.76. The lowest BCUT2D eigenvalue weighted by Crippen LogP contribution is -2.30. The van der Waals surface area contributed by atoms with E-state index < -0.39 is 0 Å². The van der Waals surface area contributed by atoms with E-state index in [1.54, 1.807) is 0 Å². The van der Waals surface area contributed by atoms with Crippen molar-refractivity contribution in [2.75, 3.05) is 6.54 Å². The first kappa shape index (κ1) is 12.4. The molecule has 2 aromatic rings. The predicted molar refractivity (Wildman–Crippen MR) is 80.6 cm³/mol. The maximum atomic E-state index is 3.67. The van der Waals surface area contributed by atoms with E-state index in [1.807, 2.05) is 0 Å². The maximum Gasteiger partial charge on any atom is 0.0579 e. The van der Waals surface area contributed by atoms with Crippen LogP contribution in [0.5, 0.6) is 0 Å². The number of hydrogen-bond donors (Lipinski definition) is 1. The van der Waals surface area contributed by atoms with Gasteiger partial charge >= 0.3 is 0 Å². The van der Waals surface area contributed by atoms with Gasteiger partial charge in [-0.1, -0.05) is 53.1 Å². The van der Waals surface area contributed by atoms with Crippen LogP contribution in [0.4, 0.5) is 0 Å².